The van der Waals surface area contributed by atoms with E-state index in [0.29, 0.717) is 18.0 Å². The molecule has 0 fully saturated rings. The first kappa shape index (κ1) is 24.4. The van der Waals surface area contributed by atoms with Gasteiger partial charge in [-0.3, -0.25) is 0 Å². The third-order valence-corrected chi connectivity index (χ3v) is 7.28. The molecule has 180 valence electrons. The molecule has 0 bridgehead atoms. The highest BCUT2D eigenvalue weighted by Crippen LogP contribution is 2.37. The molecule has 0 spiro atoms. The van der Waals surface area contributed by atoms with Gasteiger partial charge in [0.1, 0.15) is 15.7 Å². The van der Waals surface area contributed by atoms with Crippen LogP contribution >= 0.6 is 11.6 Å². The highest BCUT2D eigenvalue weighted by molar-refractivity contribution is 7.90. The fraction of sp³-hybridized carbons (Fsp3) is 0.250. The Morgan fingerprint density at radius 3 is 2.50 bits per heavy atom. The van der Waals surface area contributed by atoms with Crippen molar-refractivity contribution in [2.45, 2.75) is 30.5 Å². The van der Waals surface area contributed by atoms with Crippen LogP contribution in [0.5, 0.6) is 5.75 Å². The molecule has 5 nitrogen and oxygen atoms in total. The summed E-state index contributed by atoms with van der Waals surface area (Å²) in [7, 11) is -3.51. The maximum Gasteiger partial charge on any atom is 0.573 e. The second-order valence-corrected chi connectivity index (χ2v) is 10.2. The van der Waals surface area contributed by atoms with Crippen molar-refractivity contribution in [2.75, 3.05) is 18.0 Å². The summed E-state index contributed by atoms with van der Waals surface area (Å²) < 4.78 is 65.0. The third-order valence-electron chi connectivity index (χ3n) is 5.52. The zero-order valence-corrected chi connectivity index (χ0v) is 19.6. The van der Waals surface area contributed by atoms with Gasteiger partial charge in [0.15, 0.2) is 0 Å². The van der Waals surface area contributed by atoms with E-state index in [-0.39, 0.29) is 11.4 Å². The Hall–Kier alpha value is -2.75. The molecule has 0 aliphatic carbocycles. The van der Waals surface area contributed by atoms with Gasteiger partial charge in [0.05, 0.1) is 4.90 Å². The van der Waals surface area contributed by atoms with Gasteiger partial charge in [-0.25, -0.2) is 13.7 Å². The van der Waals surface area contributed by atoms with Gasteiger partial charge in [0.25, 0.3) is 0 Å². The van der Waals surface area contributed by atoms with E-state index >= 15 is 0 Å². The second-order valence-electron chi connectivity index (χ2n) is 7.88. The van der Waals surface area contributed by atoms with Crippen LogP contribution in [0.1, 0.15) is 17.5 Å². The molecule has 1 aliphatic rings. The predicted molar refractivity (Wildman–Crippen MR) is 127 cm³/mol. The molecule has 1 unspecified atom stereocenters. The van der Waals surface area contributed by atoms with Crippen LogP contribution in [0.25, 0.3) is 0 Å². The first-order valence-corrected chi connectivity index (χ1v) is 12.6. The van der Waals surface area contributed by atoms with Crippen molar-refractivity contribution in [3.63, 3.8) is 0 Å². The van der Waals surface area contributed by atoms with Crippen molar-refractivity contribution >= 4 is 32.9 Å². The molecule has 3 aromatic rings. The Bertz CT molecular complexity index is 1280. The Morgan fingerprint density at radius 1 is 1.00 bits per heavy atom. The Kier molecular flexibility index (Phi) is 7.06. The van der Waals surface area contributed by atoms with Crippen LogP contribution in [-0.2, 0) is 22.8 Å². The number of halogens is 4. The van der Waals surface area contributed by atoms with Crippen molar-refractivity contribution < 1.29 is 22.1 Å². The van der Waals surface area contributed by atoms with Crippen LogP contribution in [0, 0.1) is 4.78 Å². The minimum Gasteiger partial charge on any atom is -0.406 e. The summed E-state index contributed by atoms with van der Waals surface area (Å²) in [5.74, 6) is -0.513. The number of aryl methyl sites for hydroxylation is 2. The van der Waals surface area contributed by atoms with E-state index in [1.807, 2.05) is 30.3 Å². The number of benzene rings is 3. The number of nitrogens with one attached hydrogen (secondary N) is 2. The van der Waals surface area contributed by atoms with Gasteiger partial charge >= 0.3 is 6.36 Å². The summed E-state index contributed by atoms with van der Waals surface area (Å²) in [6.07, 6.45) is -2.54. The summed E-state index contributed by atoms with van der Waals surface area (Å²) >= 11 is 6.28. The maximum absolute atomic E-state index is 12.8. The van der Waals surface area contributed by atoms with E-state index in [2.05, 4.69) is 26.5 Å². The largest absolute Gasteiger partial charge is 0.573 e. The average molecular weight is 510 g/mol. The van der Waals surface area contributed by atoms with Crippen LogP contribution in [-0.4, -0.2) is 23.7 Å². The van der Waals surface area contributed by atoms with Gasteiger partial charge in [-0.2, -0.15) is 0 Å². The summed E-state index contributed by atoms with van der Waals surface area (Å²) in [6, 6.07) is 18.7. The molecule has 1 heterocycles. The van der Waals surface area contributed by atoms with Gasteiger partial charge in [-0.05, 0) is 66.8 Å². The number of para-hydroxylation sites is 1. The highest BCUT2D eigenvalue weighted by Gasteiger charge is 2.31. The van der Waals surface area contributed by atoms with E-state index in [4.69, 9.17) is 16.4 Å². The molecule has 2 N–H and O–H groups in total. The number of fused-ring (bicyclic) bond motifs is 2. The molecule has 0 saturated heterocycles. The Labute approximate surface area is 201 Å². The van der Waals surface area contributed by atoms with E-state index in [9.17, 15) is 17.4 Å². The summed E-state index contributed by atoms with van der Waals surface area (Å²) in [5.41, 5.74) is 4.49. The predicted octanol–water partition coefficient (Wildman–Crippen LogP) is 6.48. The molecule has 0 saturated carbocycles. The molecular weight excluding hydrogens is 487 g/mol. The SMILES string of the molecule is N=S(=O)(NCCCN1c2ccccc2CCc2ccc(Cl)cc21)c1cccc(OC(F)(F)F)c1. The molecule has 0 aromatic heterocycles. The molecule has 34 heavy (non-hydrogen) atoms. The minimum absolute atomic E-state index is 0.0773. The first-order valence-electron chi connectivity index (χ1n) is 10.7. The lowest BCUT2D eigenvalue weighted by molar-refractivity contribution is -0.274. The summed E-state index contributed by atoms with van der Waals surface area (Å²) in [4.78, 5) is 2.10. The molecule has 0 amide bonds. The van der Waals surface area contributed by atoms with Crippen molar-refractivity contribution in [3.8, 4) is 5.75 Å². The lowest BCUT2D eigenvalue weighted by Gasteiger charge is -2.27. The van der Waals surface area contributed by atoms with Crippen LogP contribution in [0.4, 0.5) is 24.5 Å². The Balaban J connectivity index is 1.47. The molecule has 0 radical (unpaired) electrons. The normalized spacial score (nSPS) is 15.1. The quantitative estimate of drug-likeness (QED) is 0.358. The maximum atomic E-state index is 12.8. The van der Waals surface area contributed by atoms with E-state index in [1.165, 1.54) is 23.3 Å². The fourth-order valence-electron chi connectivity index (χ4n) is 4.01. The topological polar surface area (TPSA) is 65.4 Å². The summed E-state index contributed by atoms with van der Waals surface area (Å²) in [5, 5.41) is 0.636. The minimum atomic E-state index is -4.86. The van der Waals surface area contributed by atoms with E-state index in [0.717, 1.165) is 36.3 Å². The number of hydrogen-bond donors (Lipinski definition) is 2. The average Bonchev–Trinajstić information content (AvgIpc) is 2.92. The first-order chi connectivity index (χ1) is 16.1. The molecule has 3 aromatic carbocycles. The number of anilines is 2. The molecule has 1 aliphatic heterocycles. The number of rotatable bonds is 7. The summed E-state index contributed by atoms with van der Waals surface area (Å²) in [6.45, 7) is 0.797. The van der Waals surface area contributed by atoms with Crippen LogP contribution < -0.4 is 14.4 Å². The van der Waals surface area contributed by atoms with E-state index < -0.39 is 22.0 Å². The standard InChI is InChI=1S/C24H23ClF3N3O2S/c25-19-12-11-18-10-9-17-5-1-2-8-22(17)31(23(18)15-19)14-4-13-30-34(29,32)21-7-3-6-20(16-21)33-24(26,27)28/h1-3,5-8,11-12,15-16H,4,9-10,13-14H2,(H2,29,30,32). The van der Waals surface area contributed by atoms with Crippen LogP contribution in [0.3, 0.4) is 0 Å². The Morgan fingerprint density at radius 2 is 1.74 bits per heavy atom. The van der Waals surface area contributed by atoms with E-state index in [1.54, 1.807) is 0 Å². The van der Waals surface area contributed by atoms with Gasteiger partial charge < -0.3 is 9.64 Å². The lowest BCUT2D eigenvalue weighted by Crippen LogP contribution is -2.28. The van der Waals surface area contributed by atoms with Gasteiger partial charge in [0.2, 0.25) is 0 Å². The molecule has 10 heteroatoms. The monoisotopic (exact) mass is 509 g/mol. The smallest absolute Gasteiger partial charge is 0.406 e. The molecule has 4 rings (SSSR count). The zero-order valence-electron chi connectivity index (χ0n) is 18.1. The van der Waals surface area contributed by atoms with Crippen molar-refractivity contribution in [1.82, 2.24) is 4.72 Å². The van der Waals surface area contributed by atoms with Crippen LogP contribution in [0.2, 0.25) is 5.02 Å². The lowest BCUT2D eigenvalue weighted by atomic mass is 10.0. The number of ether oxygens (including phenoxy) is 1. The zero-order chi connectivity index (χ0) is 24.3. The fourth-order valence-corrected chi connectivity index (χ4v) is 5.33. The van der Waals surface area contributed by atoms with Crippen molar-refractivity contribution in [2.24, 2.45) is 0 Å². The van der Waals surface area contributed by atoms with Crippen molar-refractivity contribution in [1.29, 1.82) is 4.78 Å². The number of nitrogens with zero attached hydrogens (tertiary/aromatic N) is 1. The number of hydrogen-bond acceptors (Lipinski definition) is 4. The van der Waals surface area contributed by atoms with Gasteiger partial charge in [-0.15, -0.1) is 13.2 Å². The van der Waals surface area contributed by atoms with Gasteiger partial charge in [0, 0.05) is 29.5 Å². The highest BCUT2D eigenvalue weighted by atomic mass is 35.5. The second kappa shape index (κ2) is 9.85. The van der Waals surface area contributed by atoms with Crippen molar-refractivity contribution in [3.05, 3.63) is 82.9 Å². The number of alkyl halides is 3. The third kappa shape index (κ3) is 5.84. The van der Waals surface area contributed by atoms with Crippen LogP contribution in [0.15, 0.2) is 71.6 Å². The molecular formula is C24H23ClF3N3O2S. The van der Waals surface area contributed by atoms with Gasteiger partial charge in [-0.1, -0.05) is 41.9 Å². The molecule has 1 atom stereocenters.